The Bertz CT molecular complexity index is 383. The van der Waals surface area contributed by atoms with Crippen molar-refractivity contribution in [2.75, 3.05) is 0 Å². The van der Waals surface area contributed by atoms with Gasteiger partial charge in [-0.2, -0.15) is 0 Å². The normalized spacial score (nSPS) is 12.6. The molecule has 1 aromatic heterocycles. The van der Waals surface area contributed by atoms with Gasteiger partial charge in [-0.25, -0.2) is 0 Å². The van der Waals surface area contributed by atoms with E-state index in [1.165, 1.54) is 0 Å². The SMILES string of the molecule is OC(CCc1cnoc1)c1ccccc1. The molecular formula is C12H13NO2. The number of aliphatic hydroxyl groups is 1. The van der Waals surface area contributed by atoms with Crippen LogP contribution in [0.15, 0.2) is 47.3 Å². The van der Waals surface area contributed by atoms with Gasteiger partial charge in [0.25, 0.3) is 0 Å². The first kappa shape index (κ1) is 9.93. The third-order valence-electron chi connectivity index (χ3n) is 2.37. The van der Waals surface area contributed by atoms with Crippen LogP contribution in [-0.2, 0) is 6.42 Å². The summed E-state index contributed by atoms with van der Waals surface area (Å²) in [5.74, 6) is 0. The largest absolute Gasteiger partial charge is 0.388 e. The molecule has 2 aromatic rings. The highest BCUT2D eigenvalue weighted by Gasteiger charge is 2.07. The fourth-order valence-electron chi connectivity index (χ4n) is 1.50. The maximum Gasteiger partial charge on any atom is 0.126 e. The summed E-state index contributed by atoms with van der Waals surface area (Å²) >= 11 is 0. The summed E-state index contributed by atoms with van der Waals surface area (Å²) in [4.78, 5) is 0. The van der Waals surface area contributed by atoms with E-state index in [0.717, 1.165) is 17.5 Å². The quantitative estimate of drug-likeness (QED) is 0.829. The Labute approximate surface area is 88.3 Å². The van der Waals surface area contributed by atoms with Crippen LogP contribution >= 0.6 is 0 Å². The molecule has 1 N–H and O–H groups in total. The van der Waals surface area contributed by atoms with Crippen molar-refractivity contribution in [3.63, 3.8) is 0 Å². The molecule has 0 bridgehead atoms. The van der Waals surface area contributed by atoms with E-state index >= 15 is 0 Å². The van der Waals surface area contributed by atoms with Crippen LogP contribution in [0.1, 0.15) is 23.7 Å². The third kappa shape index (κ3) is 2.67. The van der Waals surface area contributed by atoms with E-state index in [9.17, 15) is 5.11 Å². The van der Waals surface area contributed by atoms with E-state index in [0.29, 0.717) is 6.42 Å². The standard InChI is InChI=1S/C12H13NO2/c14-12(11-4-2-1-3-5-11)7-6-10-8-13-15-9-10/h1-5,8-9,12,14H,6-7H2. The molecule has 0 spiro atoms. The van der Waals surface area contributed by atoms with Crippen LogP contribution in [0.2, 0.25) is 0 Å². The Kier molecular flexibility index (Phi) is 3.15. The van der Waals surface area contributed by atoms with E-state index in [-0.39, 0.29) is 0 Å². The second kappa shape index (κ2) is 4.75. The van der Waals surface area contributed by atoms with Crippen molar-refractivity contribution in [1.29, 1.82) is 0 Å². The summed E-state index contributed by atoms with van der Waals surface area (Å²) in [5.41, 5.74) is 1.97. The maximum absolute atomic E-state index is 9.87. The molecule has 15 heavy (non-hydrogen) atoms. The second-order valence-electron chi connectivity index (χ2n) is 3.50. The van der Waals surface area contributed by atoms with Gasteiger partial charge in [0.2, 0.25) is 0 Å². The van der Waals surface area contributed by atoms with Gasteiger partial charge in [0.1, 0.15) is 6.26 Å². The van der Waals surface area contributed by atoms with Crippen molar-refractivity contribution >= 4 is 0 Å². The summed E-state index contributed by atoms with van der Waals surface area (Å²) in [5, 5.41) is 13.5. The minimum atomic E-state index is -0.416. The Morgan fingerprint density at radius 2 is 2.07 bits per heavy atom. The summed E-state index contributed by atoms with van der Waals surface area (Å²) in [6, 6.07) is 9.66. The molecule has 1 unspecified atom stereocenters. The number of aryl methyl sites for hydroxylation is 1. The van der Waals surface area contributed by atoms with E-state index in [1.54, 1.807) is 12.5 Å². The Balaban J connectivity index is 1.90. The zero-order chi connectivity index (χ0) is 10.5. The molecular weight excluding hydrogens is 190 g/mol. The molecule has 0 aliphatic carbocycles. The fraction of sp³-hybridized carbons (Fsp3) is 0.250. The lowest BCUT2D eigenvalue weighted by Gasteiger charge is -2.09. The topological polar surface area (TPSA) is 46.3 Å². The van der Waals surface area contributed by atoms with E-state index in [4.69, 9.17) is 4.52 Å². The van der Waals surface area contributed by atoms with Crippen molar-refractivity contribution in [2.45, 2.75) is 18.9 Å². The van der Waals surface area contributed by atoms with E-state index in [2.05, 4.69) is 5.16 Å². The van der Waals surface area contributed by atoms with Gasteiger partial charge in [0.15, 0.2) is 0 Å². The summed E-state index contributed by atoms with van der Waals surface area (Å²) in [6.45, 7) is 0. The monoisotopic (exact) mass is 203 g/mol. The number of rotatable bonds is 4. The highest BCUT2D eigenvalue weighted by molar-refractivity contribution is 5.17. The van der Waals surface area contributed by atoms with Gasteiger partial charge in [-0.15, -0.1) is 0 Å². The van der Waals surface area contributed by atoms with Gasteiger partial charge >= 0.3 is 0 Å². The predicted octanol–water partition coefficient (Wildman–Crippen LogP) is 2.34. The van der Waals surface area contributed by atoms with Gasteiger partial charge in [-0.05, 0) is 18.4 Å². The van der Waals surface area contributed by atoms with Crippen LogP contribution in [0.25, 0.3) is 0 Å². The van der Waals surface area contributed by atoms with Crippen LogP contribution in [-0.4, -0.2) is 10.3 Å². The Hall–Kier alpha value is -1.61. The molecule has 1 aromatic carbocycles. The molecule has 0 radical (unpaired) electrons. The first-order valence-electron chi connectivity index (χ1n) is 4.97. The molecule has 0 aliphatic rings. The van der Waals surface area contributed by atoms with Crippen LogP contribution in [0.5, 0.6) is 0 Å². The smallest absolute Gasteiger partial charge is 0.126 e. The van der Waals surface area contributed by atoms with Crippen LogP contribution in [0.4, 0.5) is 0 Å². The predicted molar refractivity (Wildman–Crippen MR) is 56.2 cm³/mol. The molecule has 0 saturated heterocycles. The zero-order valence-corrected chi connectivity index (χ0v) is 8.34. The molecule has 78 valence electrons. The summed E-state index contributed by atoms with van der Waals surface area (Å²) in [6.07, 6.45) is 4.33. The minimum absolute atomic E-state index is 0.416. The van der Waals surface area contributed by atoms with Crippen LogP contribution < -0.4 is 0 Å². The Morgan fingerprint density at radius 3 is 2.73 bits per heavy atom. The lowest BCUT2D eigenvalue weighted by Crippen LogP contribution is -1.98. The number of hydrogen-bond acceptors (Lipinski definition) is 3. The van der Waals surface area contributed by atoms with Crippen molar-refractivity contribution in [3.8, 4) is 0 Å². The van der Waals surface area contributed by atoms with Crippen molar-refractivity contribution in [2.24, 2.45) is 0 Å². The number of benzene rings is 1. The number of aliphatic hydroxyl groups excluding tert-OH is 1. The van der Waals surface area contributed by atoms with Gasteiger partial charge < -0.3 is 9.63 Å². The van der Waals surface area contributed by atoms with Crippen LogP contribution in [0, 0.1) is 0 Å². The van der Waals surface area contributed by atoms with Crippen LogP contribution in [0.3, 0.4) is 0 Å². The zero-order valence-electron chi connectivity index (χ0n) is 8.34. The van der Waals surface area contributed by atoms with E-state index in [1.807, 2.05) is 30.3 Å². The molecule has 0 amide bonds. The van der Waals surface area contributed by atoms with E-state index < -0.39 is 6.10 Å². The van der Waals surface area contributed by atoms with Gasteiger partial charge in [0, 0.05) is 5.56 Å². The average molecular weight is 203 g/mol. The van der Waals surface area contributed by atoms with Gasteiger partial charge in [-0.3, -0.25) is 0 Å². The lowest BCUT2D eigenvalue weighted by atomic mass is 10.0. The fourth-order valence-corrected chi connectivity index (χ4v) is 1.50. The molecule has 0 fully saturated rings. The molecule has 3 nitrogen and oxygen atoms in total. The highest BCUT2D eigenvalue weighted by atomic mass is 16.5. The van der Waals surface area contributed by atoms with Gasteiger partial charge in [-0.1, -0.05) is 35.5 Å². The molecule has 3 heteroatoms. The minimum Gasteiger partial charge on any atom is -0.388 e. The van der Waals surface area contributed by atoms with Gasteiger partial charge in [0.05, 0.1) is 12.3 Å². The summed E-state index contributed by atoms with van der Waals surface area (Å²) in [7, 11) is 0. The third-order valence-corrected chi connectivity index (χ3v) is 2.37. The molecule has 1 atom stereocenters. The first-order chi connectivity index (χ1) is 7.36. The number of aromatic nitrogens is 1. The molecule has 0 aliphatic heterocycles. The first-order valence-corrected chi connectivity index (χ1v) is 4.97. The Morgan fingerprint density at radius 1 is 1.27 bits per heavy atom. The average Bonchev–Trinajstić information content (AvgIpc) is 2.80. The van der Waals surface area contributed by atoms with Crippen molar-refractivity contribution in [1.82, 2.24) is 5.16 Å². The van der Waals surface area contributed by atoms with Crippen molar-refractivity contribution in [3.05, 3.63) is 53.9 Å². The number of nitrogens with zero attached hydrogens (tertiary/aromatic N) is 1. The maximum atomic E-state index is 9.87. The molecule has 0 saturated carbocycles. The highest BCUT2D eigenvalue weighted by Crippen LogP contribution is 2.18. The molecule has 1 heterocycles. The summed E-state index contributed by atoms with van der Waals surface area (Å²) < 4.78 is 4.72. The van der Waals surface area contributed by atoms with Crippen molar-refractivity contribution < 1.29 is 9.63 Å². The lowest BCUT2D eigenvalue weighted by molar-refractivity contribution is 0.168. The number of hydrogen-bond donors (Lipinski definition) is 1. The molecule has 2 rings (SSSR count). The second-order valence-corrected chi connectivity index (χ2v) is 3.50.